The van der Waals surface area contributed by atoms with Crippen molar-refractivity contribution in [1.29, 1.82) is 0 Å². The van der Waals surface area contributed by atoms with Crippen LogP contribution < -0.4 is 16.0 Å². The predicted octanol–water partition coefficient (Wildman–Crippen LogP) is 2.53. The molecule has 4 rings (SSSR count). The number of carbonyl (C=O) groups is 3. The number of rotatable bonds is 4. The Bertz CT molecular complexity index is 1330. The molecule has 1 unspecified atom stereocenters. The fourth-order valence-electron chi connectivity index (χ4n) is 3.46. The van der Waals surface area contributed by atoms with Crippen LogP contribution in [0.1, 0.15) is 12.5 Å². The van der Waals surface area contributed by atoms with E-state index in [0.717, 1.165) is 27.7 Å². The van der Waals surface area contributed by atoms with Gasteiger partial charge in [0.1, 0.15) is 13.1 Å². The first kappa shape index (κ1) is 22.1. The van der Waals surface area contributed by atoms with Crippen molar-refractivity contribution in [3.63, 3.8) is 0 Å². The third kappa shape index (κ3) is 4.31. The Kier molecular flexibility index (Phi) is 5.44. The lowest BCUT2D eigenvalue weighted by molar-refractivity contribution is -0.154. The van der Waals surface area contributed by atoms with Crippen LogP contribution in [-0.2, 0) is 31.8 Å². The van der Waals surface area contributed by atoms with Crippen molar-refractivity contribution < 1.29 is 36.7 Å². The Balaban J connectivity index is 1.51. The number of nitrogens with zero attached hydrogens (tertiary/aromatic N) is 2. The smallest absolute Gasteiger partial charge is 0.420 e. The molecule has 3 aromatic rings. The maximum atomic E-state index is 13.0. The molecule has 2 aromatic carbocycles. The van der Waals surface area contributed by atoms with Gasteiger partial charge in [-0.25, -0.2) is 4.79 Å². The number of hydrogen-bond acceptors (Lipinski definition) is 6. The number of hydrogen-bond donors (Lipinski definition) is 1. The van der Waals surface area contributed by atoms with Crippen molar-refractivity contribution in [2.45, 2.75) is 25.7 Å². The molecule has 2 heterocycles. The van der Waals surface area contributed by atoms with E-state index in [4.69, 9.17) is 9.15 Å². The van der Waals surface area contributed by atoms with Crippen LogP contribution in [0, 0.1) is 0 Å². The maximum Gasteiger partial charge on any atom is 0.420 e. The van der Waals surface area contributed by atoms with Gasteiger partial charge in [0.05, 0.1) is 22.5 Å². The van der Waals surface area contributed by atoms with Gasteiger partial charge < -0.3 is 14.5 Å². The lowest BCUT2D eigenvalue weighted by Gasteiger charge is -2.31. The zero-order valence-corrected chi connectivity index (χ0v) is 17.0. The number of aromatic nitrogens is 1. The number of fused-ring (bicyclic) bond motifs is 2. The molecule has 0 aliphatic carbocycles. The second-order valence-electron chi connectivity index (χ2n) is 7.26. The van der Waals surface area contributed by atoms with Crippen molar-refractivity contribution in [3.05, 3.63) is 58.6 Å². The van der Waals surface area contributed by atoms with Crippen molar-refractivity contribution in [1.82, 2.24) is 4.57 Å². The first-order valence-electron chi connectivity index (χ1n) is 9.65. The van der Waals surface area contributed by atoms with Crippen molar-refractivity contribution in [2.75, 3.05) is 16.8 Å². The number of halogens is 3. The highest BCUT2D eigenvalue weighted by Crippen LogP contribution is 2.37. The van der Waals surface area contributed by atoms with E-state index in [9.17, 15) is 32.3 Å². The molecule has 0 saturated carbocycles. The number of anilines is 2. The summed E-state index contributed by atoms with van der Waals surface area (Å²) in [5.74, 6) is -3.22. The molecule has 12 heteroatoms. The third-order valence-corrected chi connectivity index (χ3v) is 4.97. The summed E-state index contributed by atoms with van der Waals surface area (Å²) in [6.45, 7) is 0.261. The van der Waals surface area contributed by atoms with Gasteiger partial charge in [-0.2, -0.15) is 13.2 Å². The van der Waals surface area contributed by atoms with Crippen LogP contribution in [0.4, 0.5) is 24.5 Å². The van der Waals surface area contributed by atoms with Gasteiger partial charge in [-0.05, 0) is 37.3 Å². The molecule has 0 radical (unpaired) electrons. The number of nitrogens with one attached hydrogen (secondary N) is 1. The van der Waals surface area contributed by atoms with Crippen LogP contribution in [0.25, 0.3) is 11.1 Å². The largest absolute Gasteiger partial charge is 0.451 e. The summed E-state index contributed by atoms with van der Waals surface area (Å²) in [5, 5.41) is 2.30. The van der Waals surface area contributed by atoms with Gasteiger partial charge in [0.15, 0.2) is 11.7 Å². The molecular weight excluding hydrogens is 447 g/mol. The average molecular weight is 463 g/mol. The number of esters is 1. The van der Waals surface area contributed by atoms with Gasteiger partial charge in [-0.15, -0.1) is 0 Å². The van der Waals surface area contributed by atoms with E-state index in [1.807, 2.05) is 0 Å². The highest BCUT2D eigenvalue weighted by molar-refractivity contribution is 6.11. The van der Waals surface area contributed by atoms with E-state index in [2.05, 4.69) is 5.32 Å². The monoisotopic (exact) mass is 463 g/mol. The first-order chi connectivity index (χ1) is 15.5. The van der Waals surface area contributed by atoms with E-state index >= 15 is 0 Å². The van der Waals surface area contributed by atoms with E-state index in [1.54, 1.807) is 24.3 Å². The Morgan fingerprint density at radius 3 is 2.64 bits per heavy atom. The maximum absolute atomic E-state index is 13.0. The predicted molar refractivity (Wildman–Crippen MR) is 108 cm³/mol. The minimum absolute atomic E-state index is 0.0348. The summed E-state index contributed by atoms with van der Waals surface area (Å²) in [6, 6.07) is 8.98. The zero-order chi connectivity index (χ0) is 23.9. The normalized spacial score (nSPS) is 14.5. The molecule has 1 aromatic heterocycles. The minimum Gasteiger partial charge on any atom is -0.451 e. The fraction of sp³-hybridized carbons (Fsp3) is 0.238. The average Bonchev–Trinajstić information content (AvgIpc) is 3.06. The third-order valence-electron chi connectivity index (χ3n) is 4.97. The highest BCUT2D eigenvalue weighted by Gasteiger charge is 2.35. The molecule has 0 saturated heterocycles. The Morgan fingerprint density at radius 2 is 1.91 bits per heavy atom. The SMILES string of the molecule is CC(OC(=O)Cn1c(=O)oc2ccccc21)C(=O)N1CC(=O)Nc2cc(C(F)(F)F)ccc21. The summed E-state index contributed by atoms with van der Waals surface area (Å²) in [7, 11) is 0. The standard InChI is InChI=1S/C21H16F3N3O6/c1-11(32-18(29)10-27-15-4-2-3-5-16(15)33-20(27)31)19(30)26-9-17(28)25-13-8-12(21(22,23)24)6-7-14(13)26/h2-8,11H,9-10H2,1H3,(H,25,28). The lowest BCUT2D eigenvalue weighted by atomic mass is 10.1. The van der Waals surface area contributed by atoms with Crippen LogP contribution >= 0.6 is 0 Å². The van der Waals surface area contributed by atoms with Gasteiger partial charge in [0.25, 0.3) is 5.91 Å². The van der Waals surface area contributed by atoms with Gasteiger partial charge in [-0.1, -0.05) is 12.1 Å². The van der Waals surface area contributed by atoms with Gasteiger partial charge >= 0.3 is 17.9 Å². The zero-order valence-electron chi connectivity index (χ0n) is 17.0. The first-order valence-corrected chi connectivity index (χ1v) is 9.65. The molecule has 1 aliphatic rings. The molecule has 0 fully saturated rings. The van der Waals surface area contributed by atoms with E-state index in [-0.39, 0.29) is 17.0 Å². The van der Waals surface area contributed by atoms with Crippen molar-refractivity contribution >= 4 is 40.3 Å². The van der Waals surface area contributed by atoms with Gasteiger partial charge in [-0.3, -0.25) is 23.9 Å². The molecule has 2 amide bonds. The number of benzene rings is 2. The second kappa shape index (κ2) is 8.11. The molecule has 172 valence electrons. The Hall–Kier alpha value is -4.09. The van der Waals surface area contributed by atoms with Crippen LogP contribution in [0.3, 0.4) is 0 Å². The van der Waals surface area contributed by atoms with E-state index in [1.165, 1.54) is 6.92 Å². The Morgan fingerprint density at radius 1 is 1.18 bits per heavy atom. The molecule has 1 N–H and O–H groups in total. The number of carbonyl (C=O) groups excluding carboxylic acids is 3. The molecule has 1 aliphatic heterocycles. The number of ether oxygens (including phenoxy) is 1. The summed E-state index contributed by atoms with van der Waals surface area (Å²) in [4.78, 5) is 50.2. The van der Waals surface area contributed by atoms with Gasteiger partial charge in [0, 0.05) is 0 Å². The summed E-state index contributed by atoms with van der Waals surface area (Å²) >= 11 is 0. The molecule has 9 nitrogen and oxygen atoms in total. The quantitative estimate of drug-likeness (QED) is 0.596. The number of alkyl halides is 3. The van der Waals surface area contributed by atoms with Crippen molar-refractivity contribution in [2.24, 2.45) is 0 Å². The summed E-state index contributed by atoms with van der Waals surface area (Å²) < 4.78 is 50.1. The van der Waals surface area contributed by atoms with Crippen LogP contribution in [0.5, 0.6) is 0 Å². The van der Waals surface area contributed by atoms with E-state index < -0.39 is 54.5 Å². The topological polar surface area (TPSA) is 111 Å². The highest BCUT2D eigenvalue weighted by atomic mass is 19.4. The fourth-order valence-corrected chi connectivity index (χ4v) is 3.46. The molecular formula is C21H16F3N3O6. The number of amides is 2. The van der Waals surface area contributed by atoms with Crippen molar-refractivity contribution in [3.8, 4) is 0 Å². The second-order valence-corrected chi connectivity index (χ2v) is 7.26. The molecule has 0 spiro atoms. The molecule has 33 heavy (non-hydrogen) atoms. The lowest BCUT2D eigenvalue weighted by Crippen LogP contribution is -2.47. The number of para-hydroxylation sites is 2. The molecule has 1 atom stereocenters. The molecule has 0 bridgehead atoms. The van der Waals surface area contributed by atoms with Crippen LogP contribution in [0.15, 0.2) is 51.7 Å². The van der Waals surface area contributed by atoms with E-state index in [0.29, 0.717) is 5.52 Å². The summed E-state index contributed by atoms with van der Waals surface area (Å²) in [5.41, 5.74) is -0.515. The van der Waals surface area contributed by atoms with Crippen LogP contribution in [0.2, 0.25) is 0 Å². The van der Waals surface area contributed by atoms with Gasteiger partial charge in [0.2, 0.25) is 5.91 Å². The Labute approximate surface area is 183 Å². The number of oxazole rings is 1. The van der Waals surface area contributed by atoms with Crippen LogP contribution in [-0.4, -0.2) is 35.0 Å². The summed E-state index contributed by atoms with van der Waals surface area (Å²) in [6.07, 6.45) is -6.02. The minimum atomic E-state index is -4.63.